The summed E-state index contributed by atoms with van der Waals surface area (Å²) in [5.41, 5.74) is 6.85. The number of carbonyl (C=O) groups excluding carboxylic acids is 1. The van der Waals surface area contributed by atoms with Gasteiger partial charge in [-0.1, -0.05) is 6.92 Å². The van der Waals surface area contributed by atoms with Crippen LogP contribution in [-0.2, 0) is 4.74 Å². The third-order valence-electron chi connectivity index (χ3n) is 0.864. The minimum absolute atomic E-state index is 0.349. The molecule has 0 aliphatic heterocycles. The zero-order chi connectivity index (χ0) is 10.7. The van der Waals surface area contributed by atoms with E-state index in [4.69, 9.17) is 10.8 Å². The minimum Gasteiger partial charge on any atom is -0.449 e. The van der Waals surface area contributed by atoms with Gasteiger partial charge in [-0.2, -0.15) is 5.10 Å². The van der Waals surface area contributed by atoms with Crippen LogP contribution in [0.3, 0.4) is 0 Å². The number of rotatable bonds is 3. The smallest absolute Gasteiger partial charge is 0.427 e. The maximum absolute atomic E-state index is 10.2. The van der Waals surface area contributed by atoms with Gasteiger partial charge in [0.25, 0.3) is 0 Å². The molecule has 1 amide bonds. The van der Waals surface area contributed by atoms with Gasteiger partial charge in [0, 0.05) is 6.72 Å². The fourth-order valence-corrected chi connectivity index (χ4v) is 0.228. The largest absolute Gasteiger partial charge is 0.449 e. The molecule has 6 heteroatoms. The van der Waals surface area contributed by atoms with Crippen molar-refractivity contribution >= 4 is 12.8 Å². The number of hydrogen-bond donors (Lipinski definition) is 3. The molecule has 0 radical (unpaired) electrons. The van der Waals surface area contributed by atoms with E-state index in [0.29, 0.717) is 13.0 Å². The lowest BCUT2D eigenvalue weighted by Gasteiger charge is -1.96. The molecule has 1 atom stereocenters. The quantitative estimate of drug-likeness (QED) is 0.333. The Balaban J connectivity index is 0. The molecule has 1 unspecified atom stereocenters. The predicted molar refractivity (Wildman–Crippen MR) is 50.2 cm³/mol. The van der Waals surface area contributed by atoms with Crippen molar-refractivity contribution in [3.05, 3.63) is 0 Å². The van der Waals surface area contributed by atoms with Crippen LogP contribution >= 0.6 is 0 Å². The van der Waals surface area contributed by atoms with Gasteiger partial charge in [-0.15, -0.1) is 0 Å². The summed E-state index contributed by atoms with van der Waals surface area (Å²) in [6.07, 6.45) is -0.544. The zero-order valence-electron chi connectivity index (χ0n) is 7.99. The van der Waals surface area contributed by atoms with Crippen LogP contribution in [-0.4, -0.2) is 30.8 Å². The van der Waals surface area contributed by atoms with Crippen molar-refractivity contribution in [2.45, 2.75) is 26.5 Å². The van der Waals surface area contributed by atoms with Crippen LogP contribution in [0.4, 0.5) is 4.79 Å². The number of ether oxygens (including phenoxy) is 1. The molecule has 0 aromatic carbocycles. The average molecular weight is 191 g/mol. The number of nitrogens with one attached hydrogen (secondary N) is 1. The van der Waals surface area contributed by atoms with Crippen molar-refractivity contribution < 1.29 is 14.6 Å². The highest BCUT2D eigenvalue weighted by molar-refractivity contribution is 5.67. The lowest BCUT2D eigenvalue weighted by atomic mass is 10.5. The molecule has 0 spiro atoms. The van der Waals surface area contributed by atoms with Crippen LogP contribution in [0.5, 0.6) is 0 Å². The van der Waals surface area contributed by atoms with E-state index in [0.717, 1.165) is 0 Å². The first kappa shape index (κ1) is 14.4. The Hall–Kier alpha value is -1.14. The lowest BCUT2D eigenvalue weighted by Crippen LogP contribution is -2.17. The minimum atomic E-state index is -0.616. The summed E-state index contributed by atoms with van der Waals surface area (Å²) in [5.74, 6) is 0. The number of aliphatic hydroxyl groups excluding tert-OH is 1. The normalized spacial score (nSPS) is 10.5. The molecule has 13 heavy (non-hydrogen) atoms. The maximum Gasteiger partial charge on any atom is 0.427 e. The van der Waals surface area contributed by atoms with E-state index >= 15 is 0 Å². The fraction of sp³-hybridized carbons (Fsp3) is 0.714. The van der Waals surface area contributed by atoms with E-state index in [1.807, 2.05) is 12.3 Å². The van der Waals surface area contributed by atoms with E-state index in [1.165, 1.54) is 0 Å². The lowest BCUT2D eigenvalue weighted by molar-refractivity contribution is 0.152. The van der Waals surface area contributed by atoms with E-state index in [2.05, 4.69) is 16.6 Å². The first-order chi connectivity index (χ1) is 6.08. The number of amides is 1. The molecular weight excluding hydrogens is 174 g/mol. The molecule has 0 aromatic rings. The predicted octanol–water partition coefficient (Wildman–Crippen LogP) is 0.0216. The Morgan fingerprint density at radius 1 is 1.77 bits per heavy atom. The molecule has 0 aliphatic carbocycles. The highest BCUT2D eigenvalue weighted by Crippen LogP contribution is 1.73. The summed E-state index contributed by atoms with van der Waals surface area (Å²) in [5, 5.41) is 11.2. The van der Waals surface area contributed by atoms with Crippen molar-refractivity contribution in [1.82, 2.24) is 5.43 Å². The molecule has 0 aliphatic rings. The van der Waals surface area contributed by atoms with Gasteiger partial charge in [0.05, 0.1) is 6.61 Å². The number of carbonyl (C=O) groups is 1. The van der Waals surface area contributed by atoms with Crippen LogP contribution in [0.15, 0.2) is 5.10 Å². The van der Waals surface area contributed by atoms with Gasteiger partial charge >= 0.3 is 6.09 Å². The van der Waals surface area contributed by atoms with Crippen molar-refractivity contribution in [1.29, 1.82) is 0 Å². The Morgan fingerprint density at radius 2 is 2.23 bits per heavy atom. The van der Waals surface area contributed by atoms with Crippen molar-refractivity contribution in [2.75, 3.05) is 6.61 Å². The second-order valence-corrected chi connectivity index (χ2v) is 1.97. The van der Waals surface area contributed by atoms with Gasteiger partial charge in [0.2, 0.25) is 0 Å². The summed E-state index contributed by atoms with van der Waals surface area (Å²) in [6.45, 7) is 6.90. The van der Waals surface area contributed by atoms with Crippen LogP contribution in [0.25, 0.3) is 0 Å². The first-order valence-electron chi connectivity index (χ1n) is 3.90. The Bertz CT molecular complexity index is 139. The Labute approximate surface area is 77.8 Å². The van der Waals surface area contributed by atoms with Crippen LogP contribution in [0.1, 0.15) is 20.3 Å². The number of nitrogens with two attached hydrogens (primary N) is 1. The molecule has 78 valence electrons. The van der Waals surface area contributed by atoms with Gasteiger partial charge in [-0.3, -0.25) is 0 Å². The molecule has 6 nitrogen and oxygen atoms in total. The molecule has 0 bridgehead atoms. The van der Waals surface area contributed by atoms with Crippen LogP contribution in [0.2, 0.25) is 0 Å². The summed E-state index contributed by atoms with van der Waals surface area (Å²) in [7, 11) is 0. The van der Waals surface area contributed by atoms with Crippen LogP contribution < -0.4 is 11.2 Å². The van der Waals surface area contributed by atoms with E-state index in [-0.39, 0.29) is 0 Å². The second kappa shape index (κ2) is 10.9. The third kappa shape index (κ3) is 18.1. The van der Waals surface area contributed by atoms with E-state index in [1.54, 1.807) is 6.92 Å². The standard InChI is InChI=1S/C4H8N2O2.C3H9NO/c1-3-8-4(7)6-5-2;1-2-3(4)5/h2-3H2,1H3,(H,6,7);3,5H,2,4H2,1H3. The summed E-state index contributed by atoms with van der Waals surface area (Å²) >= 11 is 0. The molecule has 0 saturated carbocycles. The topological polar surface area (TPSA) is 96.9 Å². The van der Waals surface area contributed by atoms with Gasteiger partial charge in [-0.05, 0) is 13.3 Å². The Kier molecular flexibility index (Phi) is 12.0. The third-order valence-corrected chi connectivity index (χ3v) is 0.864. The molecule has 0 rings (SSSR count). The van der Waals surface area contributed by atoms with Crippen molar-refractivity contribution in [2.24, 2.45) is 10.8 Å². The molecule has 0 aromatic heterocycles. The molecule has 0 fully saturated rings. The molecule has 0 heterocycles. The van der Waals surface area contributed by atoms with E-state index < -0.39 is 12.3 Å². The van der Waals surface area contributed by atoms with E-state index in [9.17, 15) is 4.79 Å². The highest BCUT2D eigenvalue weighted by atomic mass is 16.5. The van der Waals surface area contributed by atoms with Gasteiger partial charge in [-0.25, -0.2) is 10.2 Å². The summed E-state index contributed by atoms with van der Waals surface area (Å²) in [4.78, 5) is 10.2. The molecular formula is C7H17N3O3. The number of hydrazone groups is 1. The number of aliphatic hydroxyl groups is 1. The number of hydrogen-bond acceptors (Lipinski definition) is 5. The van der Waals surface area contributed by atoms with Crippen molar-refractivity contribution in [3.63, 3.8) is 0 Å². The Morgan fingerprint density at radius 3 is 2.46 bits per heavy atom. The summed E-state index contributed by atoms with van der Waals surface area (Å²) < 4.78 is 4.40. The zero-order valence-corrected chi connectivity index (χ0v) is 7.99. The van der Waals surface area contributed by atoms with Crippen LogP contribution in [0, 0.1) is 0 Å². The SMILES string of the molecule is C=NNC(=O)OCC.CCC(N)O. The summed E-state index contributed by atoms with van der Waals surface area (Å²) in [6, 6.07) is 0. The number of nitrogens with zero attached hydrogens (tertiary/aromatic N) is 1. The van der Waals surface area contributed by atoms with Gasteiger partial charge < -0.3 is 15.6 Å². The fourth-order valence-electron chi connectivity index (χ4n) is 0.228. The second-order valence-electron chi connectivity index (χ2n) is 1.97. The monoisotopic (exact) mass is 191 g/mol. The van der Waals surface area contributed by atoms with Gasteiger partial charge in [0.1, 0.15) is 6.23 Å². The first-order valence-corrected chi connectivity index (χ1v) is 3.90. The van der Waals surface area contributed by atoms with Crippen molar-refractivity contribution in [3.8, 4) is 0 Å². The molecule has 4 N–H and O–H groups in total. The maximum atomic E-state index is 10.2. The highest BCUT2D eigenvalue weighted by Gasteiger charge is 1.92. The average Bonchev–Trinajstić information content (AvgIpc) is 2.06. The van der Waals surface area contributed by atoms with Gasteiger partial charge in [0.15, 0.2) is 0 Å². The molecule has 0 saturated heterocycles.